The van der Waals surface area contributed by atoms with Gasteiger partial charge in [-0.05, 0) is 85.5 Å². The molecule has 0 aliphatic heterocycles. The molecule has 3 heteroatoms. The number of esters is 1. The van der Waals surface area contributed by atoms with Crippen molar-refractivity contribution in [1.29, 1.82) is 0 Å². The van der Waals surface area contributed by atoms with Crippen LogP contribution in [-0.2, 0) is 9.53 Å². The third-order valence-electron chi connectivity index (χ3n) is 8.71. The molecule has 0 heterocycles. The number of aliphatic hydroxyl groups excluding tert-OH is 1. The molecule has 3 fully saturated rings. The van der Waals surface area contributed by atoms with Crippen LogP contribution < -0.4 is 0 Å². The summed E-state index contributed by atoms with van der Waals surface area (Å²) in [7, 11) is 0. The minimum absolute atomic E-state index is 0.0142. The second-order valence-electron chi connectivity index (χ2n) is 11.1. The van der Waals surface area contributed by atoms with Gasteiger partial charge >= 0.3 is 5.97 Å². The minimum Gasteiger partial charge on any atom is -0.463 e. The predicted molar refractivity (Wildman–Crippen MR) is 109 cm³/mol. The number of aliphatic hydroxyl groups is 1. The van der Waals surface area contributed by atoms with Crippen molar-refractivity contribution in [2.24, 2.45) is 34.0 Å². The Morgan fingerprint density at radius 3 is 2.44 bits per heavy atom. The molecule has 3 aliphatic rings. The quantitative estimate of drug-likeness (QED) is 0.521. The molecular weight excluding hydrogens is 336 g/mol. The van der Waals surface area contributed by atoms with E-state index in [9.17, 15) is 9.90 Å². The van der Waals surface area contributed by atoms with Gasteiger partial charge in [-0.15, -0.1) is 0 Å². The highest BCUT2D eigenvalue weighted by molar-refractivity contribution is 5.70. The summed E-state index contributed by atoms with van der Waals surface area (Å²) >= 11 is 0. The van der Waals surface area contributed by atoms with E-state index in [0.717, 1.165) is 18.4 Å². The first kappa shape index (κ1) is 20.9. The lowest BCUT2D eigenvalue weighted by Crippen LogP contribution is -2.60. The largest absolute Gasteiger partial charge is 0.463 e. The summed E-state index contributed by atoms with van der Waals surface area (Å²) in [6.45, 7) is 17.7. The maximum Gasteiger partial charge on any atom is 0.306 e. The first-order valence-electron chi connectivity index (χ1n) is 11.0. The molecule has 3 rings (SSSR count). The van der Waals surface area contributed by atoms with E-state index in [1.54, 1.807) is 0 Å². The fourth-order valence-corrected chi connectivity index (χ4v) is 7.51. The van der Waals surface area contributed by atoms with Gasteiger partial charge in [0.05, 0.1) is 18.6 Å². The van der Waals surface area contributed by atoms with Gasteiger partial charge in [0.25, 0.3) is 0 Å². The summed E-state index contributed by atoms with van der Waals surface area (Å²) in [4.78, 5) is 12.5. The summed E-state index contributed by atoms with van der Waals surface area (Å²) in [6.07, 6.45) is 6.70. The highest BCUT2D eigenvalue weighted by Gasteiger charge is 2.62. The van der Waals surface area contributed by atoms with Gasteiger partial charge in [-0.1, -0.05) is 40.7 Å². The van der Waals surface area contributed by atoms with E-state index in [2.05, 4.69) is 34.3 Å². The van der Waals surface area contributed by atoms with Crippen molar-refractivity contribution in [2.75, 3.05) is 0 Å². The molecule has 0 bridgehead atoms. The number of hydrogen-bond acceptors (Lipinski definition) is 3. The van der Waals surface area contributed by atoms with Crippen molar-refractivity contribution in [3.63, 3.8) is 0 Å². The van der Waals surface area contributed by atoms with Crippen molar-refractivity contribution in [1.82, 2.24) is 0 Å². The van der Waals surface area contributed by atoms with Gasteiger partial charge in [0.15, 0.2) is 0 Å². The molecular formula is C24H40O3. The van der Waals surface area contributed by atoms with Crippen LogP contribution in [0.2, 0.25) is 0 Å². The Labute approximate surface area is 165 Å². The van der Waals surface area contributed by atoms with Crippen molar-refractivity contribution in [3.05, 3.63) is 12.2 Å². The number of rotatable bonds is 3. The molecule has 0 unspecified atom stereocenters. The molecule has 0 spiro atoms. The molecule has 1 N–H and O–H groups in total. The Hall–Kier alpha value is -0.830. The second-order valence-corrected chi connectivity index (χ2v) is 11.1. The lowest BCUT2D eigenvalue weighted by atomic mass is 9.39. The normalized spacial score (nSPS) is 43.8. The highest BCUT2D eigenvalue weighted by Crippen LogP contribution is 2.69. The second kappa shape index (κ2) is 6.90. The predicted octanol–water partition coefficient (Wildman–Crippen LogP) is 5.51. The first-order chi connectivity index (χ1) is 12.4. The fourth-order valence-electron chi connectivity index (χ4n) is 7.51. The average Bonchev–Trinajstić information content (AvgIpc) is 2.52. The number of carbonyl (C=O) groups is 1. The van der Waals surface area contributed by atoms with Crippen LogP contribution in [0.5, 0.6) is 0 Å². The van der Waals surface area contributed by atoms with E-state index in [-0.39, 0.29) is 28.8 Å². The lowest BCUT2D eigenvalue weighted by molar-refractivity contribution is -0.173. The highest BCUT2D eigenvalue weighted by atomic mass is 16.5. The van der Waals surface area contributed by atoms with Crippen molar-refractivity contribution < 1.29 is 14.6 Å². The molecule has 0 aromatic rings. The van der Waals surface area contributed by atoms with E-state index < -0.39 is 6.10 Å². The molecule has 3 aliphatic carbocycles. The zero-order chi connectivity index (χ0) is 20.2. The monoisotopic (exact) mass is 376 g/mol. The maximum atomic E-state index is 12.5. The Kier molecular flexibility index (Phi) is 5.34. The van der Waals surface area contributed by atoms with Crippen molar-refractivity contribution in [2.45, 2.75) is 98.7 Å². The Bertz CT molecular complexity index is 607. The van der Waals surface area contributed by atoms with Crippen LogP contribution in [0.15, 0.2) is 12.2 Å². The maximum absolute atomic E-state index is 12.5. The molecule has 27 heavy (non-hydrogen) atoms. The molecule has 6 atom stereocenters. The van der Waals surface area contributed by atoms with Gasteiger partial charge in [-0.2, -0.15) is 0 Å². The Morgan fingerprint density at radius 2 is 1.81 bits per heavy atom. The van der Waals surface area contributed by atoms with Crippen molar-refractivity contribution >= 4 is 5.97 Å². The molecule has 0 aromatic carbocycles. The van der Waals surface area contributed by atoms with Crippen LogP contribution in [0.4, 0.5) is 0 Å². The lowest BCUT2D eigenvalue weighted by Gasteiger charge is -2.66. The van der Waals surface area contributed by atoms with Crippen LogP contribution in [0, 0.1) is 34.0 Å². The van der Waals surface area contributed by atoms with Gasteiger partial charge in [0.1, 0.15) is 0 Å². The standard InChI is InChI=1S/C24H40O3/c1-15(2)27-21(26)13-17-16(3)18(25)14-20-23(17,6)12-9-19-22(4,5)10-8-11-24(19,20)7/h15,17-20,25H,3,8-14H2,1-2,4-7H3/t17-,18+,19+,20+,23+,24+/m1/s1. The van der Waals surface area contributed by atoms with Gasteiger partial charge in [-0.3, -0.25) is 4.79 Å². The fraction of sp³-hybridized carbons (Fsp3) is 0.875. The van der Waals surface area contributed by atoms with E-state index in [4.69, 9.17) is 4.74 Å². The van der Waals surface area contributed by atoms with Crippen LogP contribution >= 0.6 is 0 Å². The summed E-state index contributed by atoms with van der Waals surface area (Å²) in [5.74, 6) is 0.987. The Balaban J connectivity index is 1.95. The van der Waals surface area contributed by atoms with Crippen molar-refractivity contribution in [3.8, 4) is 0 Å². The zero-order valence-corrected chi connectivity index (χ0v) is 18.3. The molecule has 3 nitrogen and oxygen atoms in total. The molecule has 154 valence electrons. The molecule has 0 aromatic heterocycles. The molecule has 0 amide bonds. The van der Waals surface area contributed by atoms with E-state index in [1.807, 2.05) is 13.8 Å². The average molecular weight is 377 g/mol. The third kappa shape index (κ3) is 3.39. The molecule has 3 saturated carbocycles. The summed E-state index contributed by atoms with van der Waals surface area (Å²) in [6, 6.07) is 0. The van der Waals surface area contributed by atoms with Gasteiger partial charge in [0, 0.05) is 0 Å². The topological polar surface area (TPSA) is 46.5 Å². The third-order valence-corrected chi connectivity index (χ3v) is 8.71. The van der Waals surface area contributed by atoms with E-state index in [1.165, 1.54) is 25.7 Å². The van der Waals surface area contributed by atoms with Gasteiger partial charge in [0.2, 0.25) is 0 Å². The zero-order valence-electron chi connectivity index (χ0n) is 18.3. The van der Waals surface area contributed by atoms with E-state index >= 15 is 0 Å². The van der Waals surface area contributed by atoms with Crippen LogP contribution in [-0.4, -0.2) is 23.3 Å². The van der Waals surface area contributed by atoms with Crippen LogP contribution in [0.25, 0.3) is 0 Å². The molecule has 0 saturated heterocycles. The summed E-state index contributed by atoms with van der Waals surface area (Å²) in [5.41, 5.74) is 1.47. The summed E-state index contributed by atoms with van der Waals surface area (Å²) in [5, 5.41) is 10.9. The smallest absolute Gasteiger partial charge is 0.306 e. The van der Waals surface area contributed by atoms with Gasteiger partial charge in [-0.25, -0.2) is 0 Å². The van der Waals surface area contributed by atoms with Crippen LogP contribution in [0.1, 0.15) is 86.5 Å². The first-order valence-corrected chi connectivity index (χ1v) is 11.0. The minimum atomic E-state index is -0.500. The van der Waals surface area contributed by atoms with Crippen LogP contribution in [0.3, 0.4) is 0 Å². The molecule has 0 radical (unpaired) electrons. The van der Waals surface area contributed by atoms with E-state index in [0.29, 0.717) is 23.7 Å². The number of carbonyl (C=O) groups excluding carboxylic acids is 1. The van der Waals surface area contributed by atoms with Gasteiger partial charge < -0.3 is 9.84 Å². The SMILES string of the molecule is C=C1[C@@H](CC(=O)OC(C)C)[C@]2(C)CC[C@H]3C(C)(C)CCC[C@]3(C)[C@H]2C[C@@H]1O. The Morgan fingerprint density at radius 1 is 1.15 bits per heavy atom. The summed E-state index contributed by atoms with van der Waals surface area (Å²) < 4.78 is 5.46. The number of fused-ring (bicyclic) bond motifs is 3. The number of hydrogen-bond donors (Lipinski definition) is 1. The number of ether oxygens (including phenoxy) is 1.